The number of hydrogen-bond acceptors (Lipinski definition) is 4. The zero-order valence-electron chi connectivity index (χ0n) is 8.98. The molecule has 0 aliphatic carbocycles. The van der Waals surface area contributed by atoms with Gasteiger partial charge in [0, 0.05) is 18.1 Å². The lowest BCUT2D eigenvalue weighted by Gasteiger charge is -2.27. The highest BCUT2D eigenvalue weighted by Crippen LogP contribution is 2.30. The normalized spacial score (nSPS) is 23.6. The van der Waals surface area contributed by atoms with Crippen molar-refractivity contribution in [2.24, 2.45) is 0 Å². The number of carbonyl (C=O) groups is 2. The summed E-state index contributed by atoms with van der Waals surface area (Å²) in [4.78, 5) is 27.5. The number of anilines is 1. The van der Waals surface area contributed by atoms with E-state index in [1.807, 2.05) is 0 Å². The lowest BCUT2D eigenvalue weighted by molar-refractivity contribution is -0.139. The van der Waals surface area contributed by atoms with Gasteiger partial charge in [-0.3, -0.25) is 4.98 Å². The maximum absolute atomic E-state index is 11.1. The molecule has 6 nitrogen and oxygen atoms in total. The molecule has 6 heteroatoms. The molecule has 1 fully saturated rings. The Morgan fingerprint density at radius 3 is 2.00 bits per heavy atom. The predicted octanol–water partition coefficient (Wildman–Crippen LogP) is 0.588. The van der Waals surface area contributed by atoms with Crippen LogP contribution in [-0.2, 0) is 9.59 Å². The Balaban J connectivity index is 2.36. The van der Waals surface area contributed by atoms with E-state index in [4.69, 9.17) is 10.2 Å². The van der Waals surface area contributed by atoms with Crippen LogP contribution < -0.4 is 4.90 Å². The molecule has 1 aromatic heterocycles. The van der Waals surface area contributed by atoms with Gasteiger partial charge in [-0.2, -0.15) is 0 Å². The quantitative estimate of drug-likeness (QED) is 0.798. The molecule has 1 saturated heterocycles. The van der Waals surface area contributed by atoms with Crippen molar-refractivity contribution in [3.05, 3.63) is 24.5 Å². The Labute approximate surface area is 97.5 Å². The zero-order valence-corrected chi connectivity index (χ0v) is 8.98. The number of carboxylic acid groups (broad SMARTS) is 2. The van der Waals surface area contributed by atoms with Crippen LogP contribution in [0.4, 0.5) is 5.69 Å². The first kappa shape index (κ1) is 11.4. The Morgan fingerprint density at radius 1 is 1.12 bits per heavy atom. The van der Waals surface area contributed by atoms with Crippen LogP contribution in [0, 0.1) is 0 Å². The van der Waals surface area contributed by atoms with E-state index in [-0.39, 0.29) is 0 Å². The van der Waals surface area contributed by atoms with Gasteiger partial charge in [-0.1, -0.05) is 0 Å². The van der Waals surface area contributed by atoms with Gasteiger partial charge in [0.15, 0.2) is 0 Å². The SMILES string of the molecule is O=C(O)[C@H]1CC[C@H](C(=O)O)N1c1ccncc1. The van der Waals surface area contributed by atoms with Crippen LogP contribution >= 0.6 is 0 Å². The number of aromatic nitrogens is 1. The number of pyridine rings is 1. The van der Waals surface area contributed by atoms with E-state index in [1.165, 1.54) is 17.3 Å². The van der Waals surface area contributed by atoms with E-state index in [9.17, 15) is 9.59 Å². The van der Waals surface area contributed by atoms with Crippen molar-refractivity contribution in [1.29, 1.82) is 0 Å². The molecule has 0 unspecified atom stereocenters. The van der Waals surface area contributed by atoms with Crippen molar-refractivity contribution in [3.63, 3.8) is 0 Å². The van der Waals surface area contributed by atoms with Gasteiger partial charge in [-0.15, -0.1) is 0 Å². The van der Waals surface area contributed by atoms with Crippen molar-refractivity contribution in [3.8, 4) is 0 Å². The maximum Gasteiger partial charge on any atom is 0.326 e. The minimum absolute atomic E-state index is 0.342. The summed E-state index contributed by atoms with van der Waals surface area (Å²) >= 11 is 0. The third-order valence-corrected chi connectivity index (χ3v) is 2.92. The van der Waals surface area contributed by atoms with Gasteiger partial charge in [-0.05, 0) is 25.0 Å². The van der Waals surface area contributed by atoms with Crippen LogP contribution in [0.5, 0.6) is 0 Å². The first-order valence-corrected chi connectivity index (χ1v) is 5.25. The molecule has 0 amide bonds. The molecule has 17 heavy (non-hydrogen) atoms. The van der Waals surface area contributed by atoms with Crippen molar-refractivity contribution in [2.45, 2.75) is 24.9 Å². The molecule has 1 aliphatic rings. The second-order valence-corrected chi connectivity index (χ2v) is 3.90. The zero-order chi connectivity index (χ0) is 12.4. The number of aliphatic carboxylic acids is 2. The smallest absolute Gasteiger partial charge is 0.326 e. The van der Waals surface area contributed by atoms with Crippen LogP contribution in [0.25, 0.3) is 0 Å². The summed E-state index contributed by atoms with van der Waals surface area (Å²) in [5.41, 5.74) is 0.581. The molecule has 90 valence electrons. The predicted molar refractivity (Wildman–Crippen MR) is 58.8 cm³/mol. The molecule has 2 rings (SSSR count). The van der Waals surface area contributed by atoms with Crippen LogP contribution in [0.2, 0.25) is 0 Å². The van der Waals surface area contributed by atoms with E-state index < -0.39 is 24.0 Å². The van der Waals surface area contributed by atoms with Gasteiger partial charge < -0.3 is 15.1 Å². The Morgan fingerprint density at radius 2 is 1.59 bits per heavy atom. The largest absolute Gasteiger partial charge is 0.480 e. The average molecular weight is 236 g/mol. The van der Waals surface area contributed by atoms with Crippen LogP contribution in [-0.4, -0.2) is 39.2 Å². The topological polar surface area (TPSA) is 90.7 Å². The van der Waals surface area contributed by atoms with E-state index in [0.717, 1.165) is 0 Å². The van der Waals surface area contributed by atoms with Crippen molar-refractivity contribution in [1.82, 2.24) is 4.98 Å². The molecule has 0 spiro atoms. The molecule has 2 atom stereocenters. The van der Waals surface area contributed by atoms with Gasteiger partial charge in [0.05, 0.1) is 0 Å². The summed E-state index contributed by atoms with van der Waals surface area (Å²) < 4.78 is 0. The summed E-state index contributed by atoms with van der Waals surface area (Å²) in [6.07, 6.45) is 3.72. The minimum atomic E-state index is -0.995. The van der Waals surface area contributed by atoms with Gasteiger partial charge in [-0.25, -0.2) is 9.59 Å². The van der Waals surface area contributed by atoms with E-state index in [0.29, 0.717) is 18.5 Å². The third kappa shape index (κ3) is 2.06. The fraction of sp³-hybridized carbons (Fsp3) is 0.364. The second-order valence-electron chi connectivity index (χ2n) is 3.90. The Hall–Kier alpha value is -2.11. The summed E-state index contributed by atoms with van der Waals surface area (Å²) in [5.74, 6) is -1.99. The van der Waals surface area contributed by atoms with E-state index in [1.54, 1.807) is 12.1 Å². The molecule has 1 aliphatic heterocycles. The third-order valence-electron chi connectivity index (χ3n) is 2.92. The second kappa shape index (κ2) is 4.40. The van der Waals surface area contributed by atoms with Crippen LogP contribution in [0.1, 0.15) is 12.8 Å². The highest BCUT2D eigenvalue weighted by molar-refractivity contribution is 5.86. The summed E-state index contributed by atoms with van der Waals surface area (Å²) in [5, 5.41) is 18.2. The molecule has 0 bridgehead atoms. The van der Waals surface area contributed by atoms with Crippen molar-refractivity contribution in [2.75, 3.05) is 4.90 Å². The highest BCUT2D eigenvalue weighted by atomic mass is 16.4. The van der Waals surface area contributed by atoms with Gasteiger partial charge in [0.1, 0.15) is 12.1 Å². The molecule has 1 aromatic rings. The summed E-state index contributed by atoms with van der Waals surface area (Å²) in [6.45, 7) is 0. The van der Waals surface area contributed by atoms with E-state index in [2.05, 4.69) is 4.98 Å². The van der Waals surface area contributed by atoms with Gasteiger partial charge in [0.25, 0.3) is 0 Å². The minimum Gasteiger partial charge on any atom is -0.480 e. The maximum atomic E-state index is 11.1. The first-order chi connectivity index (χ1) is 8.11. The molecular weight excluding hydrogens is 224 g/mol. The fourth-order valence-corrected chi connectivity index (χ4v) is 2.17. The number of hydrogen-bond donors (Lipinski definition) is 2. The fourth-order valence-electron chi connectivity index (χ4n) is 2.17. The lowest BCUT2D eigenvalue weighted by Crippen LogP contribution is -2.44. The highest BCUT2D eigenvalue weighted by Gasteiger charge is 2.41. The monoisotopic (exact) mass is 236 g/mol. The molecule has 2 heterocycles. The Kier molecular flexibility index (Phi) is 2.95. The van der Waals surface area contributed by atoms with Crippen LogP contribution in [0.15, 0.2) is 24.5 Å². The summed E-state index contributed by atoms with van der Waals surface area (Å²) in [7, 11) is 0. The van der Waals surface area contributed by atoms with Gasteiger partial charge >= 0.3 is 11.9 Å². The van der Waals surface area contributed by atoms with Crippen molar-refractivity contribution >= 4 is 17.6 Å². The molecular formula is C11H12N2O4. The molecule has 0 saturated carbocycles. The lowest BCUT2D eigenvalue weighted by atomic mass is 10.2. The van der Waals surface area contributed by atoms with Gasteiger partial charge in [0.2, 0.25) is 0 Å². The summed E-state index contributed by atoms with van der Waals surface area (Å²) in [6, 6.07) is 1.69. The number of rotatable bonds is 3. The van der Waals surface area contributed by atoms with Crippen LogP contribution in [0.3, 0.4) is 0 Å². The van der Waals surface area contributed by atoms with Crippen molar-refractivity contribution < 1.29 is 19.8 Å². The molecule has 0 radical (unpaired) electrons. The standard InChI is InChI=1S/C11H12N2O4/c14-10(15)8-1-2-9(11(16)17)13(8)7-3-5-12-6-4-7/h3-6,8-9H,1-2H2,(H,14,15)(H,16,17)/t8-,9-/m1/s1. The number of nitrogens with zero attached hydrogens (tertiary/aromatic N) is 2. The molecule has 2 N–H and O–H groups in total. The average Bonchev–Trinajstić information content (AvgIpc) is 2.74. The molecule has 0 aromatic carbocycles. The van der Waals surface area contributed by atoms with E-state index >= 15 is 0 Å². The Bertz CT molecular complexity index is 412. The number of carboxylic acids is 2. The first-order valence-electron chi connectivity index (χ1n) is 5.25.